The number of aromatic nitrogens is 4. The molecule has 6 nitrogen and oxygen atoms in total. The highest BCUT2D eigenvalue weighted by atomic mass is 32.1. The van der Waals surface area contributed by atoms with Crippen LogP contribution in [0.15, 0.2) is 83.5 Å². The minimum atomic E-state index is -0.0683. The van der Waals surface area contributed by atoms with Crippen LogP contribution in [-0.4, -0.2) is 19.1 Å². The van der Waals surface area contributed by atoms with Crippen LogP contribution in [0.1, 0.15) is 29.2 Å². The fourth-order valence-corrected chi connectivity index (χ4v) is 4.72. The lowest BCUT2D eigenvalue weighted by Crippen LogP contribution is -2.23. The number of anilines is 2. The monoisotopic (exact) mass is 439 g/mol. The second kappa shape index (κ2) is 7.76. The Kier molecular flexibility index (Phi) is 4.61. The van der Waals surface area contributed by atoms with Gasteiger partial charge in [0.15, 0.2) is 0 Å². The van der Waals surface area contributed by atoms with Gasteiger partial charge in [0.1, 0.15) is 12.1 Å². The van der Waals surface area contributed by atoms with E-state index in [4.69, 9.17) is 0 Å². The SMILES string of the molecule is O=c1n(Cc2cccs2)ccn1-c1ccc2ncnc(Nc3cccc(C4CC4)c3)c2c1. The third-order valence-corrected chi connectivity index (χ3v) is 6.71. The maximum atomic E-state index is 13.0. The summed E-state index contributed by atoms with van der Waals surface area (Å²) in [5.41, 5.74) is 3.93. The van der Waals surface area contributed by atoms with Crippen LogP contribution in [0, 0.1) is 0 Å². The average Bonchev–Trinajstić information content (AvgIpc) is 3.44. The number of hydrogen-bond donors (Lipinski definition) is 1. The summed E-state index contributed by atoms with van der Waals surface area (Å²) >= 11 is 1.65. The largest absolute Gasteiger partial charge is 0.340 e. The van der Waals surface area contributed by atoms with Gasteiger partial charge in [-0.05, 0) is 66.1 Å². The first-order chi connectivity index (χ1) is 15.7. The molecule has 0 aliphatic heterocycles. The van der Waals surface area contributed by atoms with E-state index in [1.54, 1.807) is 26.8 Å². The van der Waals surface area contributed by atoms with Gasteiger partial charge in [0, 0.05) is 28.3 Å². The molecule has 0 amide bonds. The van der Waals surface area contributed by atoms with E-state index < -0.39 is 0 Å². The molecule has 1 aliphatic carbocycles. The van der Waals surface area contributed by atoms with E-state index in [-0.39, 0.29) is 5.69 Å². The summed E-state index contributed by atoms with van der Waals surface area (Å²) in [6.45, 7) is 0.574. The molecule has 0 bridgehead atoms. The number of rotatable bonds is 6. The van der Waals surface area contributed by atoms with E-state index in [1.165, 1.54) is 18.4 Å². The lowest BCUT2D eigenvalue weighted by molar-refractivity contribution is 0.751. The lowest BCUT2D eigenvalue weighted by Gasteiger charge is -2.11. The first-order valence-corrected chi connectivity index (χ1v) is 11.5. The van der Waals surface area contributed by atoms with Crippen molar-refractivity contribution in [2.45, 2.75) is 25.3 Å². The number of hydrogen-bond acceptors (Lipinski definition) is 5. The molecule has 1 saturated carbocycles. The molecule has 0 spiro atoms. The second-order valence-electron chi connectivity index (χ2n) is 8.11. The van der Waals surface area contributed by atoms with Crippen LogP contribution in [0.25, 0.3) is 16.6 Å². The normalized spacial score (nSPS) is 13.5. The minimum Gasteiger partial charge on any atom is -0.340 e. The maximum Gasteiger partial charge on any atom is 0.333 e. The molecule has 6 rings (SSSR count). The van der Waals surface area contributed by atoms with Crippen molar-refractivity contribution in [3.05, 3.63) is 99.6 Å². The third-order valence-electron chi connectivity index (χ3n) is 5.85. The lowest BCUT2D eigenvalue weighted by atomic mass is 10.1. The molecular formula is C25H21N5OS. The molecule has 2 aromatic carbocycles. The van der Waals surface area contributed by atoms with E-state index in [9.17, 15) is 4.79 Å². The van der Waals surface area contributed by atoms with Crippen LogP contribution in [0.5, 0.6) is 0 Å². The van der Waals surface area contributed by atoms with Crippen LogP contribution in [0.3, 0.4) is 0 Å². The average molecular weight is 440 g/mol. The Labute approximate surface area is 188 Å². The molecule has 0 radical (unpaired) electrons. The zero-order valence-electron chi connectivity index (χ0n) is 17.3. The molecule has 32 heavy (non-hydrogen) atoms. The van der Waals surface area contributed by atoms with Crippen molar-refractivity contribution in [3.8, 4) is 5.69 Å². The zero-order chi connectivity index (χ0) is 21.5. The molecule has 3 aromatic heterocycles. The van der Waals surface area contributed by atoms with Crippen molar-refractivity contribution in [3.63, 3.8) is 0 Å². The van der Waals surface area contributed by atoms with Gasteiger partial charge in [-0.15, -0.1) is 11.3 Å². The highest BCUT2D eigenvalue weighted by Gasteiger charge is 2.23. The molecule has 3 heterocycles. The van der Waals surface area contributed by atoms with Crippen LogP contribution in [0.4, 0.5) is 11.5 Å². The second-order valence-corrected chi connectivity index (χ2v) is 9.14. The van der Waals surface area contributed by atoms with Crippen molar-refractivity contribution in [2.24, 2.45) is 0 Å². The molecule has 0 saturated heterocycles. The topological polar surface area (TPSA) is 64.7 Å². The fourth-order valence-electron chi connectivity index (χ4n) is 4.02. The summed E-state index contributed by atoms with van der Waals surface area (Å²) in [5.74, 6) is 1.42. The Bertz CT molecular complexity index is 1460. The van der Waals surface area contributed by atoms with Gasteiger partial charge in [-0.2, -0.15) is 0 Å². The van der Waals surface area contributed by atoms with Gasteiger partial charge in [-0.3, -0.25) is 9.13 Å². The van der Waals surface area contributed by atoms with Crippen LogP contribution in [0.2, 0.25) is 0 Å². The van der Waals surface area contributed by atoms with E-state index in [0.29, 0.717) is 12.5 Å². The Balaban J connectivity index is 1.36. The molecule has 1 N–H and O–H groups in total. The maximum absolute atomic E-state index is 13.0. The van der Waals surface area contributed by atoms with E-state index in [2.05, 4.69) is 39.6 Å². The smallest absolute Gasteiger partial charge is 0.333 e. The minimum absolute atomic E-state index is 0.0683. The number of benzene rings is 2. The Morgan fingerprint density at radius 3 is 2.81 bits per heavy atom. The van der Waals surface area contributed by atoms with E-state index in [0.717, 1.165) is 33.0 Å². The van der Waals surface area contributed by atoms with Crippen molar-refractivity contribution >= 4 is 33.7 Å². The fraction of sp³-hybridized carbons (Fsp3) is 0.160. The zero-order valence-corrected chi connectivity index (χ0v) is 18.1. The quantitative estimate of drug-likeness (QED) is 0.389. The summed E-state index contributed by atoms with van der Waals surface area (Å²) in [4.78, 5) is 23.0. The highest BCUT2D eigenvalue weighted by Crippen LogP contribution is 2.41. The summed E-state index contributed by atoms with van der Waals surface area (Å²) in [6, 6.07) is 18.4. The van der Waals surface area contributed by atoms with Gasteiger partial charge < -0.3 is 5.32 Å². The first kappa shape index (κ1) is 19.0. The number of nitrogens with one attached hydrogen (secondary N) is 1. The molecule has 1 fully saturated rings. The molecule has 1 aliphatic rings. The molecule has 7 heteroatoms. The van der Waals surface area contributed by atoms with Crippen LogP contribution < -0.4 is 11.0 Å². The Morgan fingerprint density at radius 2 is 1.97 bits per heavy atom. The van der Waals surface area contributed by atoms with Gasteiger partial charge in [-0.25, -0.2) is 14.8 Å². The standard InChI is InChI=1S/C25H21N5OS/c31-25-29(15-21-5-2-12-32-21)10-11-30(25)20-8-9-23-22(14-20)24(27-16-26-23)28-19-4-1-3-18(13-19)17-6-7-17/h1-5,8-14,16-17H,6-7,15H2,(H,26,27,28). The van der Waals surface area contributed by atoms with E-state index in [1.807, 2.05) is 48.1 Å². The van der Waals surface area contributed by atoms with Crippen LogP contribution >= 0.6 is 11.3 Å². The molecule has 5 aromatic rings. The highest BCUT2D eigenvalue weighted by molar-refractivity contribution is 7.09. The van der Waals surface area contributed by atoms with Gasteiger partial charge in [0.2, 0.25) is 0 Å². The van der Waals surface area contributed by atoms with Crippen molar-refractivity contribution < 1.29 is 0 Å². The Hall–Kier alpha value is -3.71. The van der Waals surface area contributed by atoms with E-state index >= 15 is 0 Å². The number of nitrogens with zero attached hydrogens (tertiary/aromatic N) is 4. The number of thiophene rings is 1. The molecule has 158 valence electrons. The molecule has 0 atom stereocenters. The van der Waals surface area contributed by atoms with Gasteiger partial charge in [-0.1, -0.05) is 18.2 Å². The number of imidazole rings is 1. The van der Waals surface area contributed by atoms with Crippen molar-refractivity contribution in [1.82, 2.24) is 19.1 Å². The summed E-state index contributed by atoms with van der Waals surface area (Å²) in [6.07, 6.45) is 7.75. The Morgan fingerprint density at radius 1 is 1.03 bits per heavy atom. The predicted molar refractivity (Wildman–Crippen MR) is 128 cm³/mol. The molecule has 0 unspecified atom stereocenters. The summed E-state index contributed by atoms with van der Waals surface area (Å²) in [7, 11) is 0. The number of fused-ring (bicyclic) bond motifs is 1. The summed E-state index contributed by atoms with van der Waals surface area (Å²) < 4.78 is 3.39. The van der Waals surface area contributed by atoms with Crippen LogP contribution in [-0.2, 0) is 6.54 Å². The summed E-state index contributed by atoms with van der Waals surface area (Å²) in [5, 5.41) is 6.35. The molecular weight excluding hydrogens is 418 g/mol. The van der Waals surface area contributed by atoms with Gasteiger partial charge in [0.05, 0.1) is 17.7 Å². The van der Waals surface area contributed by atoms with Gasteiger partial charge in [0.25, 0.3) is 0 Å². The predicted octanol–water partition coefficient (Wildman–Crippen LogP) is 5.31. The third kappa shape index (κ3) is 3.61. The van der Waals surface area contributed by atoms with Crippen molar-refractivity contribution in [1.29, 1.82) is 0 Å². The first-order valence-electron chi connectivity index (χ1n) is 10.7. The van der Waals surface area contributed by atoms with Gasteiger partial charge >= 0.3 is 5.69 Å². The van der Waals surface area contributed by atoms with Crippen molar-refractivity contribution in [2.75, 3.05) is 5.32 Å².